The Labute approximate surface area is 120 Å². The molecular formula is C14H22N2O3S. The first kappa shape index (κ1) is 15.3. The summed E-state index contributed by atoms with van der Waals surface area (Å²) < 4.78 is 27.0. The maximum atomic E-state index is 12.2. The van der Waals surface area contributed by atoms with Crippen LogP contribution < -0.4 is 10.0 Å². The highest BCUT2D eigenvalue weighted by atomic mass is 32.2. The first-order valence-corrected chi connectivity index (χ1v) is 8.52. The van der Waals surface area contributed by atoms with Crippen LogP contribution in [0.25, 0.3) is 0 Å². The first-order chi connectivity index (χ1) is 9.53. The third-order valence-corrected chi connectivity index (χ3v) is 5.03. The lowest BCUT2D eigenvalue weighted by Crippen LogP contribution is -2.33. The summed E-state index contributed by atoms with van der Waals surface area (Å²) in [5.74, 6) is 0.421. The van der Waals surface area contributed by atoms with E-state index in [1.807, 2.05) is 13.0 Å². The van der Waals surface area contributed by atoms with Gasteiger partial charge in [0.2, 0.25) is 10.0 Å². The zero-order valence-corrected chi connectivity index (χ0v) is 12.5. The van der Waals surface area contributed by atoms with E-state index in [0.29, 0.717) is 24.7 Å². The number of rotatable bonds is 7. The molecule has 0 radical (unpaired) electrons. The number of anilines is 1. The van der Waals surface area contributed by atoms with Gasteiger partial charge in [0, 0.05) is 13.1 Å². The quantitative estimate of drug-likeness (QED) is 0.714. The zero-order valence-electron chi connectivity index (χ0n) is 11.7. The summed E-state index contributed by atoms with van der Waals surface area (Å²) in [6.07, 6.45) is 2.15. The van der Waals surface area contributed by atoms with E-state index in [1.54, 1.807) is 18.2 Å². The van der Waals surface area contributed by atoms with Gasteiger partial charge in [-0.15, -0.1) is 0 Å². The molecule has 1 aliphatic carbocycles. The van der Waals surface area contributed by atoms with Gasteiger partial charge in [0.25, 0.3) is 0 Å². The fourth-order valence-corrected chi connectivity index (χ4v) is 3.60. The molecule has 112 valence electrons. The molecule has 1 saturated carbocycles. The van der Waals surface area contributed by atoms with Crippen LogP contribution in [0.3, 0.4) is 0 Å². The van der Waals surface area contributed by atoms with Gasteiger partial charge in [0.05, 0.1) is 11.8 Å². The van der Waals surface area contributed by atoms with E-state index in [2.05, 4.69) is 10.0 Å². The van der Waals surface area contributed by atoms with Crippen LogP contribution in [0.4, 0.5) is 5.69 Å². The molecule has 0 spiro atoms. The molecule has 0 aromatic heterocycles. The molecule has 1 aliphatic rings. The van der Waals surface area contributed by atoms with Gasteiger partial charge in [-0.2, -0.15) is 0 Å². The second-order valence-electron chi connectivity index (χ2n) is 5.27. The maximum Gasteiger partial charge on any atom is 0.242 e. The normalized spacial score (nSPS) is 22.3. The van der Waals surface area contributed by atoms with Crippen LogP contribution in [0.1, 0.15) is 26.2 Å². The van der Waals surface area contributed by atoms with Crippen molar-refractivity contribution in [3.63, 3.8) is 0 Å². The zero-order chi connectivity index (χ0) is 14.6. The number of hydrogen-bond acceptors (Lipinski definition) is 4. The summed E-state index contributed by atoms with van der Waals surface area (Å²) in [6, 6.07) is 6.92. The van der Waals surface area contributed by atoms with Gasteiger partial charge in [0.15, 0.2) is 0 Å². The molecule has 0 unspecified atom stereocenters. The molecule has 6 heteroatoms. The number of aliphatic hydroxyl groups is 1. The Bertz CT molecular complexity index is 539. The van der Waals surface area contributed by atoms with Gasteiger partial charge in [0.1, 0.15) is 4.90 Å². The molecule has 0 saturated heterocycles. The number of aliphatic hydroxyl groups excluding tert-OH is 1. The Kier molecular flexibility index (Phi) is 5.01. The van der Waals surface area contributed by atoms with Gasteiger partial charge >= 0.3 is 0 Å². The Hall–Kier alpha value is -1.11. The monoisotopic (exact) mass is 298 g/mol. The fourth-order valence-electron chi connectivity index (χ4n) is 2.28. The van der Waals surface area contributed by atoms with E-state index in [4.69, 9.17) is 0 Å². The molecule has 0 amide bonds. The summed E-state index contributed by atoms with van der Waals surface area (Å²) in [5, 5.41) is 12.5. The van der Waals surface area contributed by atoms with Crippen LogP contribution in [0, 0.1) is 5.92 Å². The third-order valence-electron chi connectivity index (χ3n) is 3.51. The van der Waals surface area contributed by atoms with Crippen molar-refractivity contribution in [1.82, 2.24) is 4.72 Å². The average molecular weight is 298 g/mol. The van der Waals surface area contributed by atoms with Crippen LogP contribution in [-0.4, -0.2) is 32.7 Å². The standard InChI is InChI=1S/C14H22N2O3S/c1-2-7-16-20(18,19)14-6-4-3-5-13(14)15-10-11-8-12(17)9-11/h3-6,11-12,15-17H,2,7-10H2,1H3. The fraction of sp³-hybridized carbons (Fsp3) is 0.571. The van der Waals surface area contributed by atoms with Crippen molar-refractivity contribution in [2.75, 3.05) is 18.4 Å². The van der Waals surface area contributed by atoms with Crippen molar-refractivity contribution in [3.05, 3.63) is 24.3 Å². The maximum absolute atomic E-state index is 12.2. The molecule has 0 heterocycles. The minimum Gasteiger partial charge on any atom is -0.393 e. The summed E-state index contributed by atoms with van der Waals surface area (Å²) in [5.41, 5.74) is 0.623. The van der Waals surface area contributed by atoms with Gasteiger partial charge in [-0.3, -0.25) is 0 Å². The molecule has 5 nitrogen and oxygen atoms in total. The van der Waals surface area contributed by atoms with E-state index in [9.17, 15) is 13.5 Å². The van der Waals surface area contributed by atoms with Crippen molar-refractivity contribution in [2.24, 2.45) is 5.92 Å². The first-order valence-electron chi connectivity index (χ1n) is 7.03. The van der Waals surface area contributed by atoms with Gasteiger partial charge in [-0.25, -0.2) is 13.1 Å². The van der Waals surface area contributed by atoms with Gasteiger partial charge < -0.3 is 10.4 Å². The lowest BCUT2D eigenvalue weighted by molar-refractivity contribution is 0.0486. The largest absolute Gasteiger partial charge is 0.393 e. The van der Waals surface area contributed by atoms with Crippen LogP contribution in [0.2, 0.25) is 0 Å². The number of nitrogens with one attached hydrogen (secondary N) is 2. The molecule has 1 fully saturated rings. The van der Waals surface area contributed by atoms with E-state index in [-0.39, 0.29) is 11.0 Å². The van der Waals surface area contributed by atoms with Gasteiger partial charge in [-0.1, -0.05) is 19.1 Å². The Morgan fingerprint density at radius 1 is 1.30 bits per heavy atom. The lowest BCUT2D eigenvalue weighted by Gasteiger charge is -2.31. The van der Waals surface area contributed by atoms with Crippen LogP contribution in [-0.2, 0) is 10.0 Å². The second-order valence-corrected chi connectivity index (χ2v) is 7.00. The highest BCUT2D eigenvalue weighted by molar-refractivity contribution is 7.89. The molecule has 0 bridgehead atoms. The van der Waals surface area contributed by atoms with Crippen LogP contribution in [0.5, 0.6) is 0 Å². The minimum absolute atomic E-state index is 0.188. The van der Waals surface area contributed by atoms with E-state index in [1.165, 1.54) is 0 Å². The SMILES string of the molecule is CCCNS(=O)(=O)c1ccccc1NCC1CC(O)C1. The third kappa shape index (κ3) is 3.71. The van der Waals surface area contributed by atoms with E-state index < -0.39 is 10.0 Å². The molecule has 1 aromatic rings. The number of benzene rings is 1. The summed E-state index contributed by atoms with van der Waals surface area (Å²) in [7, 11) is -3.46. The summed E-state index contributed by atoms with van der Waals surface area (Å²) in [6.45, 7) is 3.05. The molecule has 0 aliphatic heterocycles. The molecule has 1 aromatic carbocycles. The van der Waals surface area contributed by atoms with Crippen LogP contribution >= 0.6 is 0 Å². The van der Waals surface area contributed by atoms with Crippen molar-refractivity contribution >= 4 is 15.7 Å². The smallest absolute Gasteiger partial charge is 0.242 e. The predicted octanol–water partition coefficient (Wildman–Crippen LogP) is 1.56. The number of hydrogen-bond donors (Lipinski definition) is 3. The summed E-state index contributed by atoms with van der Waals surface area (Å²) >= 11 is 0. The molecule has 3 N–H and O–H groups in total. The lowest BCUT2D eigenvalue weighted by atomic mass is 9.82. The van der Waals surface area contributed by atoms with E-state index in [0.717, 1.165) is 19.3 Å². The Morgan fingerprint density at radius 3 is 2.65 bits per heavy atom. The van der Waals surface area contributed by atoms with Crippen molar-refractivity contribution < 1.29 is 13.5 Å². The predicted molar refractivity (Wildman–Crippen MR) is 79.1 cm³/mol. The molecule has 20 heavy (non-hydrogen) atoms. The molecular weight excluding hydrogens is 276 g/mol. The highest BCUT2D eigenvalue weighted by Crippen LogP contribution is 2.28. The molecule has 0 atom stereocenters. The van der Waals surface area contributed by atoms with Crippen molar-refractivity contribution in [3.8, 4) is 0 Å². The minimum atomic E-state index is -3.46. The number of sulfonamides is 1. The number of para-hydroxylation sites is 1. The van der Waals surface area contributed by atoms with Crippen LogP contribution in [0.15, 0.2) is 29.2 Å². The average Bonchev–Trinajstić information content (AvgIpc) is 2.40. The topological polar surface area (TPSA) is 78.4 Å². The molecule has 2 rings (SSSR count). The van der Waals surface area contributed by atoms with Crippen molar-refractivity contribution in [1.29, 1.82) is 0 Å². The Morgan fingerprint density at radius 2 is 2.00 bits per heavy atom. The van der Waals surface area contributed by atoms with Crippen molar-refractivity contribution in [2.45, 2.75) is 37.2 Å². The highest BCUT2D eigenvalue weighted by Gasteiger charge is 2.27. The summed E-state index contributed by atoms with van der Waals surface area (Å²) in [4.78, 5) is 0.285. The van der Waals surface area contributed by atoms with Gasteiger partial charge in [-0.05, 0) is 37.3 Å². The second kappa shape index (κ2) is 6.56. The Balaban J connectivity index is 2.05. The van der Waals surface area contributed by atoms with E-state index >= 15 is 0 Å².